The van der Waals surface area contributed by atoms with Crippen LogP contribution in [0.25, 0.3) is 0 Å². The molecule has 0 radical (unpaired) electrons. The van der Waals surface area contributed by atoms with Crippen LogP contribution in [0.4, 0.5) is 17.1 Å². The second kappa shape index (κ2) is 7.90. The van der Waals surface area contributed by atoms with E-state index in [1.807, 2.05) is 37.3 Å². The Balaban J connectivity index is 1.44. The quantitative estimate of drug-likeness (QED) is 0.795. The summed E-state index contributed by atoms with van der Waals surface area (Å²) in [4.78, 5) is 29.8. The van der Waals surface area contributed by atoms with Crippen LogP contribution in [0, 0.1) is 26.7 Å². The highest BCUT2D eigenvalue weighted by Crippen LogP contribution is 2.29. The van der Waals surface area contributed by atoms with Gasteiger partial charge >= 0.3 is 0 Å². The monoisotopic (exact) mass is 391 g/mol. The third-order valence-corrected chi connectivity index (χ3v) is 6.24. The Morgan fingerprint density at radius 3 is 2.38 bits per heavy atom. The van der Waals surface area contributed by atoms with Crippen molar-refractivity contribution in [3.63, 3.8) is 0 Å². The van der Waals surface area contributed by atoms with Crippen molar-refractivity contribution in [1.29, 1.82) is 0 Å². The van der Waals surface area contributed by atoms with E-state index in [1.54, 1.807) is 4.90 Å². The SMILES string of the molecule is Cc1ccc(N2CCC(C(=O)Nc3ccc(N4CCCC4)c(C)c3)C2=O)cc1C. The van der Waals surface area contributed by atoms with Gasteiger partial charge in [-0.1, -0.05) is 6.07 Å². The van der Waals surface area contributed by atoms with Crippen LogP contribution in [-0.4, -0.2) is 31.4 Å². The second-order valence-electron chi connectivity index (χ2n) is 8.28. The van der Waals surface area contributed by atoms with Gasteiger partial charge in [0, 0.05) is 36.7 Å². The van der Waals surface area contributed by atoms with Crippen LogP contribution in [-0.2, 0) is 9.59 Å². The molecule has 2 aliphatic rings. The Bertz CT molecular complexity index is 947. The number of hydrogen-bond acceptors (Lipinski definition) is 3. The molecule has 5 nitrogen and oxygen atoms in total. The first-order chi connectivity index (χ1) is 13.9. The highest BCUT2D eigenvalue weighted by Gasteiger charge is 2.37. The van der Waals surface area contributed by atoms with Crippen LogP contribution < -0.4 is 15.1 Å². The fraction of sp³-hybridized carbons (Fsp3) is 0.417. The number of rotatable bonds is 4. The van der Waals surface area contributed by atoms with E-state index in [0.29, 0.717) is 13.0 Å². The van der Waals surface area contributed by atoms with E-state index in [1.165, 1.54) is 24.1 Å². The molecule has 2 aromatic rings. The Morgan fingerprint density at radius 1 is 0.931 bits per heavy atom. The van der Waals surface area contributed by atoms with E-state index in [4.69, 9.17) is 0 Å². The van der Waals surface area contributed by atoms with Gasteiger partial charge in [0.15, 0.2) is 0 Å². The van der Waals surface area contributed by atoms with Crippen LogP contribution in [0.1, 0.15) is 36.0 Å². The first-order valence-electron chi connectivity index (χ1n) is 10.5. The lowest BCUT2D eigenvalue weighted by Crippen LogP contribution is -2.33. The van der Waals surface area contributed by atoms with E-state index < -0.39 is 5.92 Å². The summed E-state index contributed by atoms with van der Waals surface area (Å²) in [7, 11) is 0. The van der Waals surface area contributed by atoms with E-state index >= 15 is 0 Å². The first-order valence-corrected chi connectivity index (χ1v) is 10.5. The summed E-state index contributed by atoms with van der Waals surface area (Å²) >= 11 is 0. The van der Waals surface area contributed by atoms with Crippen molar-refractivity contribution >= 4 is 28.9 Å². The largest absolute Gasteiger partial charge is 0.371 e. The van der Waals surface area contributed by atoms with E-state index in [9.17, 15) is 9.59 Å². The van der Waals surface area contributed by atoms with Crippen LogP contribution >= 0.6 is 0 Å². The minimum atomic E-state index is -0.629. The molecule has 0 saturated carbocycles. The third-order valence-electron chi connectivity index (χ3n) is 6.24. The van der Waals surface area contributed by atoms with Gasteiger partial charge in [0.05, 0.1) is 0 Å². The molecule has 2 aromatic carbocycles. The minimum absolute atomic E-state index is 0.115. The van der Waals surface area contributed by atoms with Crippen molar-refractivity contribution in [2.24, 2.45) is 5.92 Å². The molecule has 2 heterocycles. The van der Waals surface area contributed by atoms with Gasteiger partial charge in [0.25, 0.3) is 0 Å². The lowest BCUT2D eigenvalue weighted by Gasteiger charge is -2.21. The smallest absolute Gasteiger partial charge is 0.239 e. The molecule has 5 heteroatoms. The number of amides is 2. The fourth-order valence-electron chi connectivity index (χ4n) is 4.35. The average Bonchev–Trinajstić information content (AvgIpc) is 3.34. The van der Waals surface area contributed by atoms with Gasteiger partial charge in [-0.2, -0.15) is 0 Å². The topological polar surface area (TPSA) is 52.7 Å². The average molecular weight is 392 g/mol. The van der Waals surface area contributed by atoms with Crippen molar-refractivity contribution in [1.82, 2.24) is 0 Å². The van der Waals surface area contributed by atoms with Crippen molar-refractivity contribution in [2.45, 2.75) is 40.0 Å². The van der Waals surface area contributed by atoms with Gasteiger partial charge < -0.3 is 15.1 Å². The number of nitrogens with zero attached hydrogens (tertiary/aromatic N) is 2. The van der Waals surface area contributed by atoms with E-state index in [2.05, 4.69) is 30.1 Å². The predicted octanol–water partition coefficient (Wildman–Crippen LogP) is 4.20. The molecule has 2 aliphatic heterocycles. The Morgan fingerprint density at radius 2 is 1.69 bits per heavy atom. The highest BCUT2D eigenvalue weighted by molar-refractivity contribution is 6.13. The molecular formula is C24H29N3O2. The Labute approximate surface area is 172 Å². The van der Waals surface area contributed by atoms with Crippen molar-refractivity contribution in [3.05, 3.63) is 53.1 Å². The zero-order chi connectivity index (χ0) is 20.5. The molecule has 152 valence electrons. The molecule has 2 saturated heterocycles. The molecule has 1 unspecified atom stereocenters. The number of carbonyl (C=O) groups is 2. The summed E-state index contributed by atoms with van der Waals surface area (Å²) in [5.74, 6) is -0.957. The maximum Gasteiger partial charge on any atom is 0.239 e. The number of anilines is 3. The standard InChI is InChI=1S/C24H29N3O2/c1-16-6-8-20(15-17(16)2)27-13-10-21(24(27)29)23(28)25-19-7-9-22(18(3)14-19)26-11-4-5-12-26/h6-9,14-15,21H,4-5,10-13H2,1-3H3,(H,25,28). The van der Waals surface area contributed by atoms with Crippen molar-refractivity contribution < 1.29 is 9.59 Å². The summed E-state index contributed by atoms with van der Waals surface area (Å²) in [6.07, 6.45) is 3.01. The number of benzene rings is 2. The van der Waals surface area contributed by atoms with Gasteiger partial charge in [0.1, 0.15) is 5.92 Å². The van der Waals surface area contributed by atoms with Gasteiger partial charge in [-0.15, -0.1) is 0 Å². The van der Waals surface area contributed by atoms with E-state index in [0.717, 1.165) is 35.6 Å². The number of hydrogen-bond donors (Lipinski definition) is 1. The molecule has 0 aliphatic carbocycles. The van der Waals surface area contributed by atoms with Gasteiger partial charge in [-0.3, -0.25) is 9.59 Å². The number of aryl methyl sites for hydroxylation is 3. The summed E-state index contributed by atoms with van der Waals surface area (Å²) in [5, 5.41) is 2.96. The van der Waals surface area contributed by atoms with Gasteiger partial charge in [-0.05, 0) is 87.1 Å². The first kappa shape index (κ1) is 19.5. The summed E-state index contributed by atoms with van der Waals surface area (Å²) in [6, 6.07) is 12.0. The van der Waals surface area contributed by atoms with Crippen LogP contribution in [0.2, 0.25) is 0 Å². The van der Waals surface area contributed by atoms with Gasteiger partial charge in [0.2, 0.25) is 11.8 Å². The lowest BCUT2D eigenvalue weighted by atomic mass is 10.1. The second-order valence-corrected chi connectivity index (χ2v) is 8.28. The lowest BCUT2D eigenvalue weighted by molar-refractivity contribution is -0.129. The van der Waals surface area contributed by atoms with Crippen LogP contribution in [0.3, 0.4) is 0 Å². The molecule has 0 bridgehead atoms. The van der Waals surface area contributed by atoms with Crippen LogP contribution in [0.15, 0.2) is 36.4 Å². The predicted molar refractivity (Wildman–Crippen MR) is 118 cm³/mol. The van der Waals surface area contributed by atoms with Crippen molar-refractivity contribution in [3.8, 4) is 0 Å². The van der Waals surface area contributed by atoms with Gasteiger partial charge in [-0.25, -0.2) is 0 Å². The molecule has 4 rings (SSSR count). The van der Waals surface area contributed by atoms with Crippen molar-refractivity contribution in [2.75, 3.05) is 34.8 Å². The Kier molecular flexibility index (Phi) is 5.31. The maximum atomic E-state index is 12.9. The molecule has 0 spiro atoms. The zero-order valence-corrected chi connectivity index (χ0v) is 17.5. The molecule has 0 aromatic heterocycles. The van der Waals surface area contributed by atoms with E-state index in [-0.39, 0.29) is 11.8 Å². The highest BCUT2D eigenvalue weighted by atomic mass is 16.2. The number of nitrogens with one attached hydrogen (secondary N) is 1. The van der Waals surface area contributed by atoms with Crippen LogP contribution in [0.5, 0.6) is 0 Å². The Hall–Kier alpha value is -2.82. The molecule has 2 fully saturated rings. The summed E-state index contributed by atoms with van der Waals surface area (Å²) in [5.41, 5.74) is 6.36. The maximum absolute atomic E-state index is 12.9. The fourth-order valence-corrected chi connectivity index (χ4v) is 4.35. The number of carbonyl (C=O) groups excluding carboxylic acids is 2. The zero-order valence-electron chi connectivity index (χ0n) is 17.5. The normalized spacial score (nSPS) is 19.1. The minimum Gasteiger partial charge on any atom is -0.371 e. The summed E-state index contributed by atoms with van der Waals surface area (Å²) < 4.78 is 0. The summed E-state index contributed by atoms with van der Waals surface area (Å²) in [6.45, 7) is 8.93. The molecule has 1 N–H and O–H groups in total. The molecule has 29 heavy (non-hydrogen) atoms. The third kappa shape index (κ3) is 3.86. The molecule has 2 amide bonds. The molecular weight excluding hydrogens is 362 g/mol. The molecule has 1 atom stereocenters.